The van der Waals surface area contributed by atoms with E-state index in [0.29, 0.717) is 15.2 Å². The van der Waals surface area contributed by atoms with Crippen LogP contribution in [0.1, 0.15) is 80.8 Å². The lowest BCUT2D eigenvalue weighted by Gasteiger charge is -2.35. The summed E-state index contributed by atoms with van der Waals surface area (Å²) in [6.07, 6.45) is 4.21. The lowest BCUT2D eigenvalue weighted by molar-refractivity contribution is 0.297. The molecule has 0 saturated heterocycles. The molecule has 2 unspecified atom stereocenters. The molecular weight excluding hydrogens is 445 g/mol. The molecule has 0 heterocycles. The van der Waals surface area contributed by atoms with Crippen molar-refractivity contribution in [3.63, 3.8) is 0 Å². The van der Waals surface area contributed by atoms with E-state index in [2.05, 4.69) is 114 Å². The molecule has 0 spiro atoms. The van der Waals surface area contributed by atoms with Crippen molar-refractivity contribution >= 4 is 20.1 Å². The van der Waals surface area contributed by atoms with Crippen LogP contribution in [0.4, 0.5) is 0 Å². The molecule has 0 fully saturated rings. The third-order valence-corrected chi connectivity index (χ3v) is 8.39. The Balaban J connectivity index is 2.15. The normalized spacial score (nSPS) is 14.1. The highest BCUT2D eigenvalue weighted by molar-refractivity contribution is 7.48. The molecule has 3 aromatic rings. The molecule has 0 saturated carbocycles. The van der Waals surface area contributed by atoms with Gasteiger partial charge in [-0.25, -0.2) is 0 Å². The van der Waals surface area contributed by atoms with Gasteiger partial charge >= 0.3 is 0 Å². The minimum Gasteiger partial charge on any atom is -0.488 e. The predicted octanol–water partition coefficient (Wildman–Crippen LogP) is 8.25. The van der Waals surface area contributed by atoms with Gasteiger partial charge in [-0.05, 0) is 59.3 Å². The molecule has 2 nitrogen and oxygen atoms in total. The second-order valence-corrected chi connectivity index (χ2v) is 12.8. The second kappa shape index (κ2) is 11.5. The standard InChI is InChI=1S/C32H42NOP/c1-9-17-32(7,35-29-16-15-23(2)18-26(29)21-33-8)28-20-27(31(4,5)6)19-24(3)30(28)34-22-25-13-11-10-12-14-25/h10-16,18-21,35H,9,17,22H2,1-8H3/b33-21+. The quantitative estimate of drug-likeness (QED) is 0.220. The van der Waals surface area contributed by atoms with Gasteiger partial charge in [-0.3, -0.25) is 4.99 Å². The Bertz CT molecular complexity index is 1160. The van der Waals surface area contributed by atoms with Gasteiger partial charge in [0.2, 0.25) is 0 Å². The van der Waals surface area contributed by atoms with Crippen LogP contribution in [0.5, 0.6) is 5.75 Å². The largest absolute Gasteiger partial charge is 0.488 e. The lowest BCUT2D eigenvalue weighted by Crippen LogP contribution is -2.24. The van der Waals surface area contributed by atoms with Crippen LogP contribution in [0.3, 0.4) is 0 Å². The van der Waals surface area contributed by atoms with E-state index in [1.54, 1.807) is 0 Å². The molecule has 0 aliphatic carbocycles. The van der Waals surface area contributed by atoms with Crippen LogP contribution in [0.2, 0.25) is 0 Å². The highest BCUT2D eigenvalue weighted by Gasteiger charge is 2.33. The average Bonchev–Trinajstić information content (AvgIpc) is 2.80. The molecule has 186 valence electrons. The first-order valence-corrected chi connectivity index (χ1v) is 13.7. The molecule has 0 N–H and O–H groups in total. The van der Waals surface area contributed by atoms with Gasteiger partial charge in [-0.1, -0.05) is 110 Å². The third-order valence-electron chi connectivity index (χ3n) is 6.60. The van der Waals surface area contributed by atoms with Gasteiger partial charge in [-0.2, -0.15) is 0 Å². The van der Waals surface area contributed by atoms with Gasteiger partial charge < -0.3 is 4.74 Å². The SMILES string of the molecule is CCCC(C)(Pc1ccc(C)cc1/C=N/C)c1cc(C(C)(C)C)cc(C)c1OCc1ccccc1. The van der Waals surface area contributed by atoms with Gasteiger partial charge in [0.1, 0.15) is 12.4 Å². The number of ether oxygens (including phenoxy) is 1. The fourth-order valence-corrected chi connectivity index (χ4v) is 6.38. The maximum atomic E-state index is 6.63. The molecule has 3 rings (SSSR count). The Morgan fingerprint density at radius 3 is 2.29 bits per heavy atom. The van der Waals surface area contributed by atoms with Gasteiger partial charge in [0, 0.05) is 24.0 Å². The van der Waals surface area contributed by atoms with E-state index in [0.717, 1.165) is 18.6 Å². The summed E-state index contributed by atoms with van der Waals surface area (Å²) in [4.78, 5) is 4.35. The van der Waals surface area contributed by atoms with Crippen molar-refractivity contribution < 1.29 is 4.74 Å². The van der Waals surface area contributed by atoms with Crippen LogP contribution >= 0.6 is 8.58 Å². The number of benzene rings is 3. The molecule has 0 aliphatic heterocycles. The van der Waals surface area contributed by atoms with E-state index in [4.69, 9.17) is 4.74 Å². The number of aryl methyl sites for hydroxylation is 2. The van der Waals surface area contributed by atoms with Crippen molar-refractivity contribution in [3.05, 3.63) is 94.0 Å². The summed E-state index contributed by atoms with van der Waals surface area (Å²) in [5.41, 5.74) is 7.66. The number of aliphatic imine (C=N–C) groups is 1. The Hall–Kier alpha value is -2.44. The summed E-state index contributed by atoms with van der Waals surface area (Å²) < 4.78 is 6.63. The van der Waals surface area contributed by atoms with Crippen molar-refractivity contribution in [1.29, 1.82) is 0 Å². The van der Waals surface area contributed by atoms with E-state index >= 15 is 0 Å². The van der Waals surface area contributed by atoms with E-state index in [1.165, 1.54) is 38.7 Å². The van der Waals surface area contributed by atoms with Crippen LogP contribution in [0.25, 0.3) is 0 Å². The fraction of sp³-hybridized carbons (Fsp3) is 0.406. The van der Waals surface area contributed by atoms with Crippen molar-refractivity contribution in [2.24, 2.45) is 4.99 Å². The predicted molar refractivity (Wildman–Crippen MR) is 156 cm³/mol. The van der Waals surface area contributed by atoms with E-state index in [-0.39, 0.29) is 10.6 Å². The summed E-state index contributed by atoms with van der Waals surface area (Å²) in [6.45, 7) is 16.5. The monoisotopic (exact) mass is 487 g/mol. The topological polar surface area (TPSA) is 21.6 Å². The van der Waals surface area contributed by atoms with Crippen molar-refractivity contribution in [1.82, 2.24) is 0 Å². The maximum Gasteiger partial charge on any atom is 0.126 e. The van der Waals surface area contributed by atoms with Crippen molar-refractivity contribution in [3.8, 4) is 5.75 Å². The Morgan fingerprint density at radius 1 is 0.943 bits per heavy atom. The summed E-state index contributed by atoms with van der Waals surface area (Å²) in [5, 5.41) is 1.32. The lowest BCUT2D eigenvalue weighted by atomic mass is 9.82. The smallest absolute Gasteiger partial charge is 0.126 e. The number of nitrogens with zero attached hydrogens (tertiary/aromatic N) is 1. The van der Waals surface area contributed by atoms with Crippen LogP contribution in [0.15, 0.2) is 65.7 Å². The molecule has 3 aromatic carbocycles. The molecule has 0 aromatic heterocycles. The molecule has 0 amide bonds. The number of rotatable bonds is 9. The summed E-state index contributed by atoms with van der Waals surface area (Å²) in [6, 6.07) is 22.0. The van der Waals surface area contributed by atoms with Crippen molar-refractivity contribution in [2.75, 3.05) is 7.05 Å². The van der Waals surface area contributed by atoms with Crippen LogP contribution < -0.4 is 10.0 Å². The highest BCUT2D eigenvalue weighted by atomic mass is 31.1. The summed E-state index contributed by atoms with van der Waals surface area (Å²) in [5.74, 6) is 1.04. The van der Waals surface area contributed by atoms with E-state index in [9.17, 15) is 0 Å². The third kappa shape index (κ3) is 6.83. The second-order valence-electron chi connectivity index (χ2n) is 10.9. The zero-order valence-electron chi connectivity index (χ0n) is 22.8. The Kier molecular flexibility index (Phi) is 8.94. The molecule has 3 heteroatoms. The number of hydrogen-bond acceptors (Lipinski definition) is 2. The Morgan fingerprint density at radius 2 is 1.66 bits per heavy atom. The summed E-state index contributed by atoms with van der Waals surface area (Å²) >= 11 is 0. The van der Waals surface area contributed by atoms with Crippen LogP contribution in [0, 0.1) is 13.8 Å². The molecular formula is C32H42NOP. The minimum atomic E-state index is -0.0433. The fourth-order valence-electron chi connectivity index (χ4n) is 4.64. The number of hydrogen-bond donors (Lipinski definition) is 0. The first kappa shape index (κ1) is 27.2. The summed E-state index contributed by atoms with van der Waals surface area (Å²) in [7, 11) is 2.46. The zero-order valence-corrected chi connectivity index (χ0v) is 23.8. The molecule has 0 aliphatic rings. The average molecular weight is 488 g/mol. The molecule has 0 bridgehead atoms. The van der Waals surface area contributed by atoms with Crippen LogP contribution in [-0.2, 0) is 17.2 Å². The molecule has 35 heavy (non-hydrogen) atoms. The van der Waals surface area contributed by atoms with Gasteiger partial charge in [0.15, 0.2) is 0 Å². The maximum absolute atomic E-state index is 6.63. The minimum absolute atomic E-state index is 0.0433. The first-order chi connectivity index (χ1) is 16.6. The van der Waals surface area contributed by atoms with Gasteiger partial charge in [-0.15, -0.1) is 0 Å². The van der Waals surface area contributed by atoms with Gasteiger partial charge in [0.05, 0.1) is 0 Å². The van der Waals surface area contributed by atoms with E-state index in [1.807, 2.05) is 13.3 Å². The van der Waals surface area contributed by atoms with Gasteiger partial charge in [0.25, 0.3) is 0 Å². The van der Waals surface area contributed by atoms with Crippen molar-refractivity contribution in [2.45, 2.75) is 78.5 Å². The van der Waals surface area contributed by atoms with E-state index < -0.39 is 0 Å². The van der Waals surface area contributed by atoms with Crippen LogP contribution in [-0.4, -0.2) is 13.3 Å². The highest BCUT2D eigenvalue weighted by Crippen LogP contribution is 2.50. The zero-order chi connectivity index (χ0) is 25.6. The Labute approximate surface area is 215 Å². The first-order valence-electron chi connectivity index (χ1n) is 12.7. The molecule has 2 atom stereocenters. The molecule has 0 radical (unpaired) electrons.